The molecule has 1 unspecified atom stereocenters. The van der Waals surface area contributed by atoms with Gasteiger partial charge < -0.3 is 10.4 Å². The fourth-order valence-corrected chi connectivity index (χ4v) is 5.62. The summed E-state index contributed by atoms with van der Waals surface area (Å²) < 4.78 is 0.937. The van der Waals surface area contributed by atoms with Crippen molar-refractivity contribution in [2.75, 3.05) is 11.9 Å². The van der Waals surface area contributed by atoms with Crippen molar-refractivity contribution in [1.82, 2.24) is 20.3 Å². The number of hydrogen-bond acceptors (Lipinski definition) is 6. The van der Waals surface area contributed by atoms with Crippen molar-refractivity contribution in [3.63, 3.8) is 0 Å². The van der Waals surface area contributed by atoms with Gasteiger partial charge in [0.15, 0.2) is 5.13 Å². The van der Waals surface area contributed by atoms with E-state index in [0.717, 1.165) is 50.3 Å². The summed E-state index contributed by atoms with van der Waals surface area (Å²) in [5, 5.41) is 15.7. The van der Waals surface area contributed by atoms with Gasteiger partial charge in [0.1, 0.15) is 0 Å². The molecule has 208 valence electrons. The van der Waals surface area contributed by atoms with E-state index in [9.17, 15) is 14.7 Å². The maximum absolute atomic E-state index is 12.1. The van der Waals surface area contributed by atoms with Crippen molar-refractivity contribution in [1.29, 1.82) is 0 Å². The fourth-order valence-electron chi connectivity index (χ4n) is 4.65. The van der Waals surface area contributed by atoms with Crippen LogP contribution in [0.4, 0.5) is 9.93 Å². The van der Waals surface area contributed by atoms with E-state index in [1.54, 1.807) is 6.20 Å². The number of thiazole rings is 1. The number of fused-ring (bicyclic) bond motifs is 1. The minimum absolute atomic E-state index is 0.291. The average Bonchev–Trinajstić information content (AvgIpc) is 3.34. The van der Waals surface area contributed by atoms with Gasteiger partial charge in [0.2, 0.25) is 0 Å². The highest BCUT2D eigenvalue weighted by atomic mass is 32.1. The summed E-state index contributed by atoms with van der Waals surface area (Å²) in [5.74, 6) is -0.751. The molecule has 3 heterocycles. The normalized spacial score (nSPS) is 12.6. The molecule has 0 bridgehead atoms. The maximum Gasteiger partial charge on any atom is 0.321 e. The average molecular weight is 558 g/mol. The number of hydrogen-bond donors (Lipinski definition) is 3. The topological polar surface area (TPSA) is 117 Å². The van der Waals surface area contributed by atoms with Crippen molar-refractivity contribution >= 4 is 38.7 Å². The fraction of sp³-hybridized carbons (Fsp3) is 0.323. The Morgan fingerprint density at radius 3 is 2.55 bits per heavy atom. The van der Waals surface area contributed by atoms with Crippen molar-refractivity contribution in [3.05, 3.63) is 72.7 Å². The van der Waals surface area contributed by atoms with Crippen LogP contribution in [0.2, 0.25) is 0 Å². The number of nitrogens with one attached hydrogen (secondary N) is 2. The SMILES string of the molecule is C=C(CCC(C)(CCC)C(=O)O)Cc1ccc(-c2cc(-c3ccccn3)c3sc(NC(=O)NCC)nc3c2)cn1. The molecule has 4 aromatic rings. The van der Waals surface area contributed by atoms with Crippen LogP contribution in [0, 0.1) is 5.41 Å². The summed E-state index contributed by atoms with van der Waals surface area (Å²) in [7, 11) is 0. The number of aliphatic carboxylic acids is 1. The largest absolute Gasteiger partial charge is 0.481 e. The zero-order chi connectivity index (χ0) is 28.7. The Morgan fingerprint density at radius 2 is 1.90 bits per heavy atom. The van der Waals surface area contributed by atoms with Crippen LogP contribution >= 0.6 is 11.3 Å². The lowest BCUT2D eigenvalue weighted by molar-refractivity contribution is -0.148. The van der Waals surface area contributed by atoms with E-state index in [4.69, 9.17) is 0 Å². The second-order valence-corrected chi connectivity index (χ2v) is 11.2. The standard InChI is InChI=1S/C31H35N5O3S/c1-5-13-31(4,28(37)38)14-12-20(3)16-23-11-10-21(19-34-23)22-17-24(25-9-7-8-15-33-25)27-26(18-22)35-30(40-27)36-29(39)32-6-2/h7-11,15,17-19H,3,5-6,12-14,16H2,1-2,4H3,(H,37,38)(H2,32,35,36,39). The van der Waals surface area contributed by atoms with E-state index in [-0.39, 0.29) is 6.03 Å². The van der Waals surface area contributed by atoms with Gasteiger partial charge in [0.25, 0.3) is 0 Å². The van der Waals surface area contributed by atoms with E-state index in [0.29, 0.717) is 37.4 Å². The second kappa shape index (κ2) is 12.8. The van der Waals surface area contributed by atoms with Gasteiger partial charge in [-0.3, -0.25) is 20.1 Å². The molecule has 1 atom stereocenters. The molecule has 0 saturated heterocycles. The molecule has 0 radical (unpaired) electrons. The number of rotatable bonds is 12. The van der Waals surface area contributed by atoms with Crippen LogP contribution in [0.25, 0.3) is 32.6 Å². The van der Waals surface area contributed by atoms with E-state index < -0.39 is 11.4 Å². The number of carbonyl (C=O) groups is 2. The minimum atomic E-state index is -0.751. The van der Waals surface area contributed by atoms with Gasteiger partial charge >= 0.3 is 12.0 Å². The van der Waals surface area contributed by atoms with E-state index in [1.807, 2.05) is 63.4 Å². The molecule has 0 spiro atoms. The second-order valence-electron chi connectivity index (χ2n) is 10.2. The lowest BCUT2D eigenvalue weighted by Crippen LogP contribution is -2.28. The third kappa shape index (κ3) is 6.90. The first-order valence-electron chi connectivity index (χ1n) is 13.5. The molecule has 0 saturated carbocycles. The molecular weight excluding hydrogens is 522 g/mol. The Hall–Kier alpha value is -4.11. The summed E-state index contributed by atoms with van der Waals surface area (Å²) in [5.41, 5.74) is 5.51. The highest BCUT2D eigenvalue weighted by Gasteiger charge is 2.31. The Bertz CT molecular complexity index is 1500. The number of amides is 2. The highest BCUT2D eigenvalue weighted by molar-refractivity contribution is 7.22. The molecule has 0 aliphatic heterocycles. The third-order valence-electron chi connectivity index (χ3n) is 6.93. The van der Waals surface area contributed by atoms with Crippen molar-refractivity contribution in [2.24, 2.45) is 5.41 Å². The molecule has 0 aliphatic carbocycles. The number of carboxylic acid groups (broad SMARTS) is 1. The van der Waals surface area contributed by atoms with E-state index in [1.165, 1.54) is 11.3 Å². The lowest BCUT2D eigenvalue weighted by atomic mass is 9.80. The molecule has 8 nitrogen and oxygen atoms in total. The molecule has 4 rings (SSSR count). The number of aromatic nitrogens is 3. The minimum Gasteiger partial charge on any atom is -0.481 e. The molecule has 9 heteroatoms. The number of benzene rings is 1. The Balaban J connectivity index is 1.56. The van der Waals surface area contributed by atoms with Gasteiger partial charge in [-0.15, -0.1) is 0 Å². The van der Waals surface area contributed by atoms with Gasteiger partial charge in [-0.1, -0.05) is 49.0 Å². The van der Waals surface area contributed by atoms with E-state index >= 15 is 0 Å². The van der Waals surface area contributed by atoms with Crippen LogP contribution in [-0.4, -0.2) is 38.6 Å². The van der Waals surface area contributed by atoms with Crippen LogP contribution in [0.1, 0.15) is 52.1 Å². The number of urea groups is 1. The molecule has 3 aromatic heterocycles. The molecule has 40 heavy (non-hydrogen) atoms. The van der Waals surface area contributed by atoms with Gasteiger partial charge in [-0.25, -0.2) is 9.78 Å². The Labute approximate surface area is 238 Å². The summed E-state index contributed by atoms with van der Waals surface area (Å²) in [6.07, 6.45) is 6.88. The highest BCUT2D eigenvalue weighted by Crippen LogP contribution is 2.38. The Morgan fingerprint density at radius 1 is 1.07 bits per heavy atom. The van der Waals surface area contributed by atoms with Gasteiger partial charge in [-0.05, 0) is 69.0 Å². The monoisotopic (exact) mass is 557 g/mol. The molecule has 0 fully saturated rings. The van der Waals surface area contributed by atoms with Gasteiger partial charge in [0.05, 0.1) is 21.3 Å². The van der Waals surface area contributed by atoms with Crippen LogP contribution < -0.4 is 10.6 Å². The number of allylic oxidation sites excluding steroid dienone is 1. The number of anilines is 1. The third-order valence-corrected chi connectivity index (χ3v) is 7.95. The first-order valence-corrected chi connectivity index (χ1v) is 14.3. The first kappa shape index (κ1) is 28.9. The van der Waals surface area contributed by atoms with Gasteiger partial charge in [-0.2, -0.15) is 0 Å². The number of carbonyl (C=O) groups excluding carboxylic acids is 1. The predicted octanol–water partition coefficient (Wildman–Crippen LogP) is 7.33. The quantitative estimate of drug-likeness (QED) is 0.157. The summed E-state index contributed by atoms with van der Waals surface area (Å²) in [6.45, 7) is 10.4. The van der Waals surface area contributed by atoms with Crippen molar-refractivity contribution < 1.29 is 14.7 Å². The smallest absolute Gasteiger partial charge is 0.321 e. The first-order chi connectivity index (χ1) is 19.2. The number of pyridine rings is 2. The molecule has 1 aromatic carbocycles. The summed E-state index contributed by atoms with van der Waals surface area (Å²) >= 11 is 1.41. The lowest BCUT2D eigenvalue weighted by Gasteiger charge is -2.24. The van der Waals surface area contributed by atoms with E-state index in [2.05, 4.69) is 38.2 Å². The van der Waals surface area contributed by atoms with Crippen LogP contribution in [0.3, 0.4) is 0 Å². The number of nitrogens with zero attached hydrogens (tertiary/aromatic N) is 3. The zero-order valence-corrected chi connectivity index (χ0v) is 24.0. The van der Waals surface area contributed by atoms with Crippen molar-refractivity contribution in [3.8, 4) is 22.4 Å². The summed E-state index contributed by atoms with van der Waals surface area (Å²) in [6, 6.07) is 13.6. The predicted molar refractivity (Wildman–Crippen MR) is 162 cm³/mol. The van der Waals surface area contributed by atoms with Crippen LogP contribution in [0.15, 0.2) is 67.0 Å². The summed E-state index contributed by atoms with van der Waals surface area (Å²) in [4.78, 5) is 37.7. The Kier molecular flexibility index (Phi) is 9.26. The molecular formula is C31H35N5O3S. The van der Waals surface area contributed by atoms with Crippen LogP contribution in [0.5, 0.6) is 0 Å². The zero-order valence-electron chi connectivity index (χ0n) is 23.2. The molecule has 3 N–H and O–H groups in total. The van der Waals surface area contributed by atoms with Gasteiger partial charge in [0, 0.05) is 42.2 Å². The maximum atomic E-state index is 12.1. The molecule has 2 amide bonds. The van der Waals surface area contributed by atoms with Crippen molar-refractivity contribution in [2.45, 2.75) is 52.9 Å². The number of carboxylic acids is 1. The molecule has 0 aliphatic rings. The van der Waals surface area contributed by atoms with Crippen LogP contribution in [-0.2, 0) is 11.2 Å².